The molecule has 3 aromatic rings. The van der Waals surface area contributed by atoms with Crippen molar-refractivity contribution in [1.82, 2.24) is 20.2 Å². The zero-order valence-electron chi connectivity index (χ0n) is 19.4. The van der Waals surface area contributed by atoms with Gasteiger partial charge in [-0.3, -0.25) is 9.78 Å². The van der Waals surface area contributed by atoms with E-state index in [1.165, 1.54) is 16.5 Å². The Balaban J connectivity index is 1.82. The lowest BCUT2D eigenvalue weighted by molar-refractivity contribution is -0.135. The van der Waals surface area contributed by atoms with Gasteiger partial charge in [0.15, 0.2) is 0 Å². The van der Waals surface area contributed by atoms with Crippen molar-refractivity contribution < 1.29 is 4.79 Å². The zero-order valence-corrected chi connectivity index (χ0v) is 19.4. The van der Waals surface area contributed by atoms with Crippen LogP contribution in [0.4, 0.5) is 0 Å². The van der Waals surface area contributed by atoms with Crippen molar-refractivity contribution in [2.75, 3.05) is 26.7 Å². The van der Waals surface area contributed by atoms with Gasteiger partial charge in [0.1, 0.15) is 0 Å². The fourth-order valence-electron chi connectivity index (χ4n) is 4.81. The molecule has 1 fully saturated rings. The lowest BCUT2D eigenvalue weighted by Crippen LogP contribution is -2.41. The molecule has 3 heterocycles. The molecule has 0 saturated carbocycles. The smallest absolute Gasteiger partial charge is 0.232 e. The molecule has 0 radical (unpaired) electrons. The third kappa shape index (κ3) is 4.11. The number of aromatic nitrogens is 2. The maximum absolute atomic E-state index is 13.3. The molecule has 31 heavy (non-hydrogen) atoms. The minimum Gasteiger partial charge on any atom is -0.354 e. The number of carbonyl (C=O) groups excluding carboxylic acids is 1. The third-order valence-electron chi connectivity index (χ3n) is 6.55. The first-order chi connectivity index (χ1) is 14.8. The quantitative estimate of drug-likeness (QED) is 0.619. The summed E-state index contributed by atoms with van der Waals surface area (Å²) in [6.07, 6.45) is 3.14. The second kappa shape index (κ2) is 8.46. The number of likely N-dealkylation sites (tertiary alicyclic amines) is 1. The molecule has 2 N–H and O–H groups in total. The van der Waals surface area contributed by atoms with Crippen molar-refractivity contribution in [3.8, 4) is 11.3 Å². The third-order valence-corrected chi connectivity index (χ3v) is 6.55. The van der Waals surface area contributed by atoms with E-state index in [-0.39, 0.29) is 5.91 Å². The van der Waals surface area contributed by atoms with Crippen LogP contribution in [0.5, 0.6) is 0 Å². The number of carbonyl (C=O) groups is 1. The number of fused-ring (bicyclic) bond motifs is 1. The van der Waals surface area contributed by atoms with Gasteiger partial charge in [-0.15, -0.1) is 0 Å². The Morgan fingerprint density at radius 3 is 2.45 bits per heavy atom. The number of benzene rings is 1. The Kier molecular flexibility index (Phi) is 5.89. The van der Waals surface area contributed by atoms with Crippen LogP contribution in [0.3, 0.4) is 0 Å². The fraction of sp³-hybridized carbons (Fsp3) is 0.462. The monoisotopic (exact) mass is 418 g/mol. The predicted molar refractivity (Wildman–Crippen MR) is 127 cm³/mol. The number of hydrogen-bond acceptors (Lipinski definition) is 3. The first-order valence-corrected chi connectivity index (χ1v) is 11.4. The van der Waals surface area contributed by atoms with Gasteiger partial charge in [0.2, 0.25) is 5.91 Å². The Bertz CT molecular complexity index is 1090. The summed E-state index contributed by atoms with van der Waals surface area (Å²) >= 11 is 0. The van der Waals surface area contributed by atoms with Crippen molar-refractivity contribution in [3.05, 3.63) is 52.8 Å². The van der Waals surface area contributed by atoms with Crippen molar-refractivity contribution in [1.29, 1.82) is 0 Å². The van der Waals surface area contributed by atoms with Crippen molar-refractivity contribution >= 4 is 16.8 Å². The molecule has 164 valence electrons. The molecule has 1 saturated heterocycles. The highest BCUT2D eigenvalue weighted by atomic mass is 16.2. The first-order valence-electron chi connectivity index (χ1n) is 11.4. The van der Waals surface area contributed by atoms with Crippen LogP contribution >= 0.6 is 0 Å². The van der Waals surface area contributed by atoms with Crippen molar-refractivity contribution in [2.45, 2.75) is 52.4 Å². The Hall–Kier alpha value is -2.66. The number of H-pyrrole nitrogens is 1. The largest absolute Gasteiger partial charge is 0.354 e. The molecule has 1 aromatic carbocycles. The van der Waals surface area contributed by atoms with E-state index in [4.69, 9.17) is 0 Å². The molecule has 5 nitrogen and oxygen atoms in total. The summed E-state index contributed by atoms with van der Waals surface area (Å²) in [6, 6.07) is 10.8. The number of aromatic amines is 1. The lowest BCUT2D eigenvalue weighted by atomic mass is 9.82. The van der Waals surface area contributed by atoms with E-state index in [1.807, 2.05) is 25.8 Å². The van der Waals surface area contributed by atoms with E-state index >= 15 is 0 Å². The van der Waals surface area contributed by atoms with Gasteiger partial charge in [0.25, 0.3) is 0 Å². The van der Waals surface area contributed by atoms with E-state index in [1.54, 1.807) is 0 Å². The average Bonchev–Trinajstić information content (AvgIpc) is 3.38. The molecule has 1 aliphatic rings. The van der Waals surface area contributed by atoms with Crippen LogP contribution < -0.4 is 5.32 Å². The summed E-state index contributed by atoms with van der Waals surface area (Å²) < 4.78 is 0. The molecule has 2 aromatic heterocycles. The molecule has 1 aliphatic heterocycles. The van der Waals surface area contributed by atoms with Gasteiger partial charge < -0.3 is 15.2 Å². The minimum absolute atomic E-state index is 0.234. The molecule has 0 bridgehead atoms. The zero-order chi connectivity index (χ0) is 22.2. The van der Waals surface area contributed by atoms with Crippen LogP contribution in [0.1, 0.15) is 49.2 Å². The van der Waals surface area contributed by atoms with E-state index in [0.29, 0.717) is 0 Å². The number of pyridine rings is 1. The number of rotatable bonds is 6. The number of aryl methyl sites for hydroxylation is 2. The maximum Gasteiger partial charge on any atom is 0.232 e. The SMILES string of the molecule is CNCCc1c(-c2cc(C)nc(C)c2)[nH]c2ccc(C(C)(C)C(=O)N3CCCC3)cc12. The van der Waals surface area contributed by atoms with Crippen molar-refractivity contribution in [3.63, 3.8) is 0 Å². The normalized spacial score (nSPS) is 14.5. The molecule has 0 atom stereocenters. The van der Waals surface area contributed by atoms with Gasteiger partial charge in [-0.25, -0.2) is 0 Å². The number of amides is 1. The number of nitrogens with one attached hydrogen (secondary N) is 2. The number of hydrogen-bond donors (Lipinski definition) is 2. The van der Waals surface area contributed by atoms with Crippen LogP contribution in [-0.4, -0.2) is 47.5 Å². The molecular weight excluding hydrogens is 384 g/mol. The minimum atomic E-state index is -0.542. The standard InChI is InChI=1S/C26H34N4O/c1-17-14-19(15-18(2)28-17)24-21(10-11-27-5)22-16-20(8-9-23(22)29-24)26(3,4)25(31)30-12-6-7-13-30/h8-9,14-16,27,29H,6-7,10-13H2,1-5H3. The van der Waals surface area contributed by atoms with Crippen LogP contribution in [0.15, 0.2) is 30.3 Å². The summed E-state index contributed by atoms with van der Waals surface area (Å²) in [5.41, 5.74) is 7.30. The van der Waals surface area contributed by atoms with Crippen LogP contribution in [0, 0.1) is 13.8 Å². The summed E-state index contributed by atoms with van der Waals surface area (Å²) in [4.78, 5) is 23.5. The van der Waals surface area contributed by atoms with Gasteiger partial charge in [-0.05, 0) is 95.9 Å². The second-order valence-corrected chi connectivity index (χ2v) is 9.36. The van der Waals surface area contributed by atoms with Gasteiger partial charge in [0.05, 0.1) is 5.41 Å². The molecule has 0 spiro atoms. The number of likely N-dealkylation sites (N-methyl/N-ethyl adjacent to an activating group) is 1. The summed E-state index contributed by atoms with van der Waals surface area (Å²) in [5, 5.41) is 4.49. The van der Waals surface area contributed by atoms with Crippen LogP contribution in [-0.2, 0) is 16.6 Å². The lowest BCUT2D eigenvalue weighted by Gasteiger charge is -2.29. The van der Waals surface area contributed by atoms with Crippen molar-refractivity contribution in [2.24, 2.45) is 0 Å². The molecule has 5 heteroatoms. The second-order valence-electron chi connectivity index (χ2n) is 9.36. The van der Waals surface area contributed by atoms with Gasteiger partial charge in [-0.1, -0.05) is 6.07 Å². The van der Waals surface area contributed by atoms with Crippen LogP contribution in [0.25, 0.3) is 22.2 Å². The predicted octanol–water partition coefficient (Wildman–Crippen LogP) is 4.51. The molecular formula is C26H34N4O. The summed E-state index contributed by atoms with van der Waals surface area (Å²) in [5.74, 6) is 0.234. The summed E-state index contributed by atoms with van der Waals surface area (Å²) in [7, 11) is 1.98. The first kappa shape index (κ1) is 21.6. The van der Waals surface area contributed by atoms with Gasteiger partial charge in [-0.2, -0.15) is 0 Å². The fourth-order valence-corrected chi connectivity index (χ4v) is 4.81. The topological polar surface area (TPSA) is 61.0 Å². The molecule has 0 unspecified atom stereocenters. The molecule has 4 rings (SSSR count). The van der Waals surface area contributed by atoms with Gasteiger partial charge in [0, 0.05) is 46.6 Å². The highest BCUT2D eigenvalue weighted by molar-refractivity contribution is 5.94. The Labute approximate surface area is 185 Å². The maximum atomic E-state index is 13.3. The van der Waals surface area contributed by atoms with E-state index in [0.717, 1.165) is 67.1 Å². The van der Waals surface area contributed by atoms with E-state index in [9.17, 15) is 4.79 Å². The van der Waals surface area contributed by atoms with E-state index in [2.05, 4.69) is 59.5 Å². The number of nitrogens with zero attached hydrogens (tertiary/aromatic N) is 2. The van der Waals surface area contributed by atoms with Crippen LogP contribution in [0.2, 0.25) is 0 Å². The molecule has 1 amide bonds. The van der Waals surface area contributed by atoms with E-state index < -0.39 is 5.41 Å². The highest BCUT2D eigenvalue weighted by Gasteiger charge is 2.35. The summed E-state index contributed by atoms with van der Waals surface area (Å²) in [6.45, 7) is 10.9. The average molecular weight is 419 g/mol. The van der Waals surface area contributed by atoms with Gasteiger partial charge >= 0.3 is 0 Å². The molecule has 0 aliphatic carbocycles. The highest BCUT2D eigenvalue weighted by Crippen LogP contribution is 2.35. The Morgan fingerprint density at radius 1 is 1.13 bits per heavy atom. The Morgan fingerprint density at radius 2 is 1.81 bits per heavy atom.